The highest BCUT2D eigenvalue weighted by atomic mass is 32.1. The van der Waals surface area contributed by atoms with E-state index in [4.69, 9.17) is 5.11 Å². The zero-order valence-electron chi connectivity index (χ0n) is 11.0. The number of piperidine rings is 1. The van der Waals surface area contributed by atoms with Crippen LogP contribution in [0.15, 0.2) is 30.3 Å². The fraction of sp³-hybridized carbons (Fsp3) is 0.533. The molecule has 0 spiro atoms. The van der Waals surface area contributed by atoms with Crippen molar-refractivity contribution in [3.8, 4) is 0 Å². The van der Waals surface area contributed by atoms with Crippen molar-refractivity contribution in [3.63, 3.8) is 0 Å². The van der Waals surface area contributed by atoms with Crippen LogP contribution in [0.4, 0.5) is 0 Å². The van der Waals surface area contributed by atoms with E-state index >= 15 is 0 Å². The first-order valence-corrected chi connectivity index (χ1v) is 7.34. The van der Waals surface area contributed by atoms with Gasteiger partial charge in [0.05, 0.1) is 5.25 Å². The highest BCUT2D eigenvalue weighted by Crippen LogP contribution is 2.19. The number of thiol groups is 1. The molecule has 3 nitrogen and oxygen atoms in total. The Kier molecular flexibility index (Phi) is 5.28. The van der Waals surface area contributed by atoms with Crippen molar-refractivity contribution in [3.05, 3.63) is 35.9 Å². The van der Waals surface area contributed by atoms with Gasteiger partial charge < -0.3 is 10.0 Å². The van der Waals surface area contributed by atoms with Gasteiger partial charge in [-0.15, -0.1) is 0 Å². The van der Waals surface area contributed by atoms with Gasteiger partial charge >= 0.3 is 0 Å². The first-order chi connectivity index (χ1) is 9.20. The lowest BCUT2D eigenvalue weighted by atomic mass is 9.97. The molecule has 0 aromatic heterocycles. The minimum absolute atomic E-state index is 0.114. The molecule has 1 N–H and O–H groups in total. The summed E-state index contributed by atoms with van der Waals surface area (Å²) in [5.41, 5.74) is 1.14. The van der Waals surface area contributed by atoms with Gasteiger partial charge in [0.15, 0.2) is 0 Å². The molecule has 0 bridgehead atoms. The van der Waals surface area contributed by atoms with Gasteiger partial charge in [-0.05, 0) is 30.7 Å². The van der Waals surface area contributed by atoms with E-state index in [1.165, 1.54) is 0 Å². The fourth-order valence-corrected chi connectivity index (χ4v) is 2.85. The summed E-state index contributed by atoms with van der Waals surface area (Å²) in [6.07, 6.45) is 2.46. The van der Waals surface area contributed by atoms with Crippen LogP contribution in [-0.4, -0.2) is 40.9 Å². The maximum Gasteiger partial charge on any atom is 0.235 e. The molecule has 1 aliphatic rings. The Hall–Kier alpha value is -1.00. The van der Waals surface area contributed by atoms with E-state index in [1.807, 2.05) is 35.2 Å². The van der Waals surface area contributed by atoms with Gasteiger partial charge in [0, 0.05) is 19.7 Å². The molecule has 1 aromatic carbocycles. The van der Waals surface area contributed by atoms with Crippen molar-refractivity contribution in [2.75, 3.05) is 19.7 Å². The van der Waals surface area contributed by atoms with Crippen LogP contribution in [0.5, 0.6) is 0 Å². The fourth-order valence-electron chi connectivity index (χ4n) is 2.47. The normalized spacial score (nSPS) is 18.3. The Morgan fingerprint density at radius 3 is 2.53 bits per heavy atom. The maximum absolute atomic E-state index is 12.3. The van der Waals surface area contributed by atoms with Crippen molar-refractivity contribution in [2.24, 2.45) is 5.92 Å². The molecular weight excluding hydrogens is 258 g/mol. The smallest absolute Gasteiger partial charge is 0.235 e. The zero-order chi connectivity index (χ0) is 13.7. The second-order valence-corrected chi connectivity index (χ2v) is 5.78. The Morgan fingerprint density at radius 1 is 1.32 bits per heavy atom. The van der Waals surface area contributed by atoms with Crippen LogP contribution in [0, 0.1) is 5.92 Å². The third-order valence-electron chi connectivity index (χ3n) is 3.74. The minimum atomic E-state index is -0.270. The molecular formula is C15H21NO2S. The monoisotopic (exact) mass is 279 g/mol. The van der Waals surface area contributed by atoms with Crippen LogP contribution in [0.3, 0.4) is 0 Å². The molecule has 0 radical (unpaired) electrons. The molecule has 1 amide bonds. The van der Waals surface area contributed by atoms with Gasteiger partial charge in [0.2, 0.25) is 5.91 Å². The molecule has 1 heterocycles. The van der Waals surface area contributed by atoms with Crippen molar-refractivity contribution in [1.29, 1.82) is 0 Å². The van der Waals surface area contributed by atoms with Gasteiger partial charge in [-0.1, -0.05) is 30.3 Å². The average molecular weight is 279 g/mol. The first-order valence-electron chi connectivity index (χ1n) is 6.82. The zero-order valence-corrected chi connectivity index (χ0v) is 11.9. The summed E-state index contributed by atoms with van der Waals surface area (Å²) < 4.78 is 0. The summed E-state index contributed by atoms with van der Waals surface area (Å²) in [5.74, 6) is 0.472. The predicted molar refractivity (Wildman–Crippen MR) is 79.3 cm³/mol. The van der Waals surface area contributed by atoms with Crippen molar-refractivity contribution in [1.82, 2.24) is 4.90 Å². The number of carbonyl (C=O) groups is 1. The lowest BCUT2D eigenvalue weighted by Crippen LogP contribution is -2.43. The summed E-state index contributed by atoms with van der Waals surface area (Å²) in [5, 5.41) is 8.83. The Labute approximate surface area is 120 Å². The van der Waals surface area contributed by atoms with Gasteiger partial charge in [-0.3, -0.25) is 4.79 Å². The molecule has 1 atom stereocenters. The molecule has 104 valence electrons. The maximum atomic E-state index is 12.3. The second kappa shape index (κ2) is 6.96. The van der Waals surface area contributed by atoms with E-state index in [9.17, 15) is 4.79 Å². The highest BCUT2D eigenvalue weighted by molar-refractivity contribution is 7.81. The number of carbonyl (C=O) groups excluding carboxylic acids is 1. The lowest BCUT2D eigenvalue weighted by molar-refractivity contribution is -0.132. The van der Waals surface area contributed by atoms with Crippen LogP contribution in [0.25, 0.3) is 0 Å². The summed E-state index contributed by atoms with van der Waals surface area (Å²) >= 11 is 4.45. The quantitative estimate of drug-likeness (QED) is 0.825. The highest BCUT2D eigenvalue weighted by Gasteiger charge is 2.26. The van der Waals surface area contributed by atoms with Crippen molar-refractivity contribution < 1.29 is 9.90 Å². The second-order valence-electron chi connectivity index (χ2n) is 5.16. The van der Waals surface area contributed by atoms with Crippen LogP contribution in [-0.2, 0) is 11.2 Å². The molecule has 1 saturated heterocycles. The third kappa shape index (κ3) is 3.98. The molecule has 1 fully saturated rings. The van der Waals surface area contributed by atoms with Gasteiger partial charge in [0.25, 0.3) is 0 Å². The summed E-state index contributed by atoms with van der Waals surface area (Å²) in [4.78, 5) is 14.2. The molecule has 0 aliphatic carbocycles. The van der Waals surface area contributed by atoms with E-state index < -0.39 is 0 Å². The van der Waals surface area contributed by atoms with Gasteiger partial charge in [-0.25, -0.2) is 0 Å². The molecule has 2 rings (SSSR count). The molecule has 1 aromatic rings. The number of hydrogen-bond acceptors (Lipinski definition) is 3. The van der Waals surface area contributed by atoms with E-state index in [2.05, 4.69) is 12.6 Å². The predicted octanol–water partition coefficient (Wildman–Crippen LogP) is 1.76. The van der Waals surface area contributed by atoms with Crippen LogP contribution < -0.4 is 0 Å². The first kappa shape index (κ1) is 14.4. The number of aliphatic hydroxyl groups is 1. The minimum Gasteiger partial charge on any atom is -0.396 e. The van der Waals surface area contributed by atoms with Crippen LogP contribution >= 0.6 is 12.6 Å². The summed E-state index contributed by atoms with van der Waals surface area (Å²) in [6, 6.07) is 9.97. The van der Waals surface area contributed by atoms with Crippen molar-refractivity contribution >= 4 is 18.5 Å². The molecule has 1 aliphatic heterocycles. The number of nitrogens with zero attached hydrogens (tertiary/aromatic N) is 1. The molecule has 4 heteroatoms. The topological polar surface area (TPSA) is 40.5 Å². The Balaban J connectivity index is 1.86. The molecule has 0 saturated carbocycles. The number of benzene rings is 1. The van der Waals surface area contributed by atoms with E-state index in [0.717, 1.165) is 31.5 Å². The Morgan fingerprint density at radius 2 is 1.95 bits per heavy atom. The number of amides is 1. The summed E-state index contributed by atoms with van der Waals surface area (Å²) in [6.45, 7) is 1.72. The SMILES string of the molecule is O=C(C(S)Cc1ccccc1)N1CCC(CO)CC1. The molecule has 19 heavy (non-hydrogen) atoms. The van der Waals surface area contributed by atoms with Gasteiger partial charge in [-0.2, -0.15) is 12.6 Å². The summed E-state index contributed by atoms with van der Waals surface area (Å²) in [7, 11) is 0. The average Bonchev–Trinajstić information content (AvgIpc) is 2.47. The molecule has 1 unspecified atom stereocenters. The standard InChI is InChI=1S/C15H21NO2S/c17-11-13-6-8-16(9-7-13)15(18)14(19)10-12-4-2-1-3-5-12/h1-5,13-14,17,19H,6-11H2. The number of hydrogen-bond donors (Lipinski definition) is 2. The largest absolute Gasteiger partial charge is 0.396 e. The number of rotatable bonds is 4. The Bertz CT molecular complexity index is 402. The third-order valence-corrected chi connectivity index (χ3v) is 4.14. The van der Waals surface area contributed by atoms with Gasteiger partial charge in [0.1, 0.15) is 0 Å². The number of aliphatic hydroxyl groups excluding tert-OH is 1. The van der Waals surface area contributed by atoms with Crippen LogP contribution in [0.1, 0.15) is 18.4 Å². The number of likely N-dealkylation sites (tertiary alicyclic amines) is 1. The van der Waals surface area contributed by atoms with Crippen LogP contribution in [0.2, 0.25) is 0 Å². The van der Waals surface area contributed by atoms with E-state index in [-0.39, 0.29) is 17.8 Å². The lowest BCUT2D eigenvalue weighted by Gasteiger charge is -2.32. The van der Waals surface area contributed by atoms with Crippen molar-refractivity contribution in [2.45, 2.75) is 24.5 Å². The van der Waals surface area contributed by atoms with E-state index in [1.54, 1.807) is 0 Å². The van der Waals surface area contributed by atoms with E-state index in [0.29, 0.717) is 12.3 Å².